The average Bonchev–Trinajstić information content (AvgIpc) is 2.30. The summed E-state index contributed by atoms with van der Waals surface area (Å²) in [4.78, 5) is 7.66. The molecule has 0 heterocycles. The number of nitrogens with zero attached hydrogens (tertiary/aromatic N) is 2. The number of aliphatic hydroxyl groups excluding tert-OH is 1. The predicted molar refractivity (Wildman–Crippen MR) is 66.0 cm³/mol. The Balaban J connectivity index is 2.74. The lowest BCUT2D eigenvalue weighted by Gasteiger charge is -2.00. The quantitative estimate of drug-likeness (QED) is 0.754. The molecule has 0 unspecified atom stereocenters. The molecule has 1 aromatic rings. The highest BCUT2D eigenvalue weighted by Gasteiger charge is 1.98. The molecule has 0 aliphatic carbocycles. The van der Waals surface area contributed by atoms with Crippen molar-refractivity contribution in [1.29, 1.82) is 0 Å². The number of aliphatic imine (C=N–C) groups is 2. The molecule has 0 aliphatic heterocycles. The minimum atomic E-state index is -0.0807. The van der Waals surface area contributed by atoms with Gasteiger partial charge in [-0.2, -0.15) is 0 Å². The average molecular weight is 218 g/mol. The van der Waals surface area contributed by atoms with Gasteiger partial charge in [0.15, 0.2) is 0 Å². The van der Waals surface area contributed by atoms with Crippen LogP contribution >= 0.6 is 0 Å². The van der Waals surface area contributed by atoms with Crippen LogP contribution in [-0.2, 0) is 6.61 Å². The second-order valence-electron chi connectivity index (χ2n) is 3.07. The van der Waals surface area contributed by atoms with Crippen LogP contribution in [0.4, 0.5) is 0 Å². The molecule has 4 heteroatoms. The second kappa shape index (κ2) is 6.53. The fraction of sp³-hybridized carbons (Fsp3) is 0.167. The first-order valence-corrected chi connectivity index (χ1v) is 4.81. The van der Waals surface area contributed by atoms with Crippen molar-refractivity contribution in [2.75, 3.05) is 7.05 Å². The SMILES string of the molecule is CN=CC=NC=Cc1ccc(CO)cc1O. The van der Waals surface area contributed by atoms with E-state index in [1.54, 1.807) is 43.9 Å². The third-order valence-electron chi connectivity index (χ3n) is 1.92. The molecule has 0 saturated carbocycles. The summed E-state index contributed by atoms with van der Waals surface area (Å²) in [6, 6.07) is 4.99. The van der Waals surface area contributed by atoms with Gasteiger partial charge in [0.25, 0.3) is 0 Å². The lowest BCUT2D eigenvalue weighted by molar-refractivity contribution is 0.281. The number of hydrogen-bond acceptors (Lipinski definition) is 4. The third kappa shape index (κ3) is 3.67. The Bertz CT molecular complexity index is 423. The zero-order valence-electron chi connectivity index (χ0n) is 9.04. The second-order valence-corrected chi connectivity index (χ2v) is 3.07. The minimum absolute atomic E-state index is 0.0807. The maximum absolute atomic E-state index is 9.58. The van der Waals surface area contributed by atoms with Crippen molar-refractivity contribution in [2.45, 2.75) is 6.61 Å². The molecule has 84 valence electrons. The van der Waals surface area contributed by atoms with E-state index in [0.717, 1.165) is 0 Å². The zero-order valence-corrected chi connectivity index (χ0v) is 9.04. The van der Waals surface area contributed by atoms with Crippen LogP contribution in [0.3, 0.4) is 0 Å². The Morgan fingerprint density at radius 1 is 1.31 bits per heavy atom. The lowest BCUT2D eigenvalue weighted by Crippen LogP contribution is -1.83. The molecular formula is C12H14N2O2. The highest BCUT2D eigenvalue weighted by atomic mass is 16.3. The van der Waals surface area contributed by atoms with Crippen LogP contribution in [0.2, 0.25) is 0 Å². The summed E-state index contributed by atoms with van der Waals surface area (Å²) >= 11 is 0. The molecule has 0 radical (unpaired) electrons. The molecule has 0 amide bonds. The van der Waals surface area contributed by atoms with Crippen LogP contribution in [0.15, 0.2) is 34.4 Å². The van der Waals surface area contributed by atoms with E-state index < -0.39 is 0 Å². The van der Waals surface area contributed by atoms with Gasteiger partial charge in [-0.3, -0.25) is 9.98 Å². The summed E-state index contributed by atoms with van der Waals surface area (Å²) in [6.07, 6.45) is 6.36. The summed E-state index contributed by atoms with van der Waals surface area (Å²) < 4.78 is 0. The fourth-order valence-corrected chi connectivity index (χ4v) is 1.11. The molecule has 0 fully saturated rings. The largest absolute Gasteiger partial charge is 0.507 e. The highest BCUT2D eigenvalue weighted by molar-refractivity contribution is 6.16. The van der Waals surface area contributed by atoms with Gasteiger partial charge in [0.2, 0.25) is 0 Å². The Morgan fingerprint density at radius 3 is 2.75 bits per heavy atom. The van der Waals surface area contributed by atoms with Crippen molar-refractivity contribution >= 4 is 18.5 Å². The molecular weight excluding hydrogens is 204 g/mol. The summed E-state index contributed by atoms with van der Waals surface area (Å²) in [5, 5.41) is 18.4. The van der Waals surface area contributed by atoms with Crippen LogP contribution < -0.4 is 0 Å². The van der Waals surface area contributed by atoms with Crippen molar-refractivity contribution in [1.82, 2.24) is 0 Å². The van der Waals surface area contributed by atoms with E-state index in [1.807, 2.05) is 0 Å². The van der Waals surface area contributed by atoms with Gasteiger partial charge in [0, 0.05) is 31.2 Å². The molecule has 0 aromatic heterocycles. The first kappa shape index (κ1) is 12.1. The summed E-state index contributed by atoms with van der Waals surface area (Å²) in [7, 11) is 1.66. The Hall–Kier alpha value is -1.94. The topological polar surface area (TPSA) is 65.2 Å². The first-order chi connectivity index (χ1) is 7.77. The molecule has 0 spiro atoms. The molecule has 0 atom stereocenters. The fourth-order valence-electron chi connectivity index (χ4n) is 1.11. The maximum atomic E-state index is 9.58. The molecule has 0 bridgehead atoms. The molecule has 0 aliphatic rings. The molecule has 1 aromatic carbocycles. The van der Waals surface area contributed by atoms with E-state index in [4.69, 9.17) is 5.11 Å². The molecule has 4 nitrogen and oxygen atoms in total. The normalized spacial score (nSPS) is 12.1. The number of rotatable bonds is 4. The van der Waals surface area contributed by atoms with Gasteiger partial charge in [-0.1, -0.05) is 12.1 Å². The van der Waals surface area contributed by atoms with Gasteiger partial charge in [-0.25, -0.2) is 0 Å². The van der Waals surface area contributed by atoms with Gasteiger partial charge in [0.1, 0.15) is 5.75 Å². The summed E-state index contributed by atoms with van der Waals surface area (Å²) in [5.74, 6) is 0.127. The molecule has 16 heavy (non-hydrogen) atoms. The van der Waals surface area contributed by atoms with E-state index in [1.165, 1.54) is 6.07 Å². The smallest absolute Gasteiger partial charge is 0.123 e. The Morgan fingerprint density at radius 2 is 2.12 bits per heavy atom. The van der Waals surface area contributed by atoms with E-state index in [2.05, 4.69) is 9.98 Å². The Kier molecular flexibility index (Phi) is 4.95. The van der Waals surface area contributed by atoms with E-state index >= 15 is 0 Å². The number of phenolic OH excluding ortho intramolecular Hbond substituents is 1. The van der Waals surface area contributed by atoms with Crippen LogP contribution in [0.5, 0.6) is 5.75 Å². The minimum Gasteiger partial charge on any atom is -0.507 e. The van der Waals surface area contributed by atoms with Gasteiger partial charge in [-0.05, 0) is 17.7 Å². The molecule has 0 saturated heterocycles. The van der Waals surface area contributed by atoms with Crippen LogP contribution in [0.25, 0.3) is 6.08 Å². The third-order valence-corrected chi connectivity index (χ3v) is 1.92. The van der Waals surface area contributed by atoms with Crippen molar-refractivity contribution in [3.05, 3.63) is 35.5 Å². The standard InChI is InChI=1S/C12H14N2O2/c1-13-6-7-14-5-4-11-3-2-10(9-15)8-12(11)16/h2-8,15-16H,9H2,1H3. The highest BCUT2D eigenvalue weighted by Crippen LogP contribution is 2.20. The van der Waals surface area contributed by atoms with Gasteiger partial charge in [-0.15, -0.1) is 0 Å². The number of hydrogen-bond donors (Lipinski definition) is 2. The van der Waals surface area contributed by atoms with E-state index in [0.29, 0.717) is 11.1 Å². The first-order valence-electron chi connectivity index (χ1n) is 4.81. The van der Waals surface area contributed by atoms with E-state index in [9.17, 15) is 5.11 Å². The number of phenols is 1. The van der Waals surface area contributed by atoms with Gasteiger partial charge < -0.3 is 10.2 Å². The van der Waals surface area contributed by atoms with Gasteiger partial charge in [0.05, 0.1) is 6.61 Å². The summed E-state index contributed by atoms with van der Waals surface area (Å²) in [6.45, 7) is -0.0807. The zero-order chi connectivity index (χ0) is 11.8. The number of aliphatic hydroxyl groups is 1. The molecule has 1 rings (SSSR count). The molecule has 2 N–H and O–H groups in total. The lowest BCUT2D eigenvalue weighted by atomic mass is 10.1. The van der Waals surface area contributed by atoms with Crippen LogP contribution in [-0.4, -0.2) is 29.7 Å². The van der Waals surface area contributed by atoms with Crippen molar-refractivity contribution in [3.8, 4) is 5.75 Å². The van der Waals surface area contributed by atoms with E-state index in [-0.39, 0.29) is 12.4 Å². The van der Waals surface area contributed by atoms with Crippen molar-refractivity contribution in [2.24, 2.45) is 9.98 Å². The van der Waals surface area contributed by atoms with Crippen LogP contribution in [0, 0.1) is 0 Å². The van der Waals surface area contributed by atoms with Crippen LogP contribution in [0.1, 0.15) is 11.1 Å². The number of aromatic hydroxyl groups is 1. The summed E-state index contributed by atoms with van der Waals surface area (Å²) in [5.41, 5.74) is 1.33. The van der Waals surface area contributed by atoms with Crippen molar-refractivity contribution in [3.63, 3.8) is 0 Å². The van der Waals surface area contributed by atoms with Crippen molar-refractivity contribution < 1.29 is 10.2 Å². The predicted octanol–water partition coefficient (Wildman–Crippen LogP) is 1.63. The monoisotopic (exact) mass is 218 g/mol. The maximum Gasteiger partial charge on any atom is 0.123 e. The van der Waals surface area contributed by atoms with Gasteiger partial charge >= 0.3 is 0 Å². The Labute approximate surface area is 94.3 Å². The number of benzene rings is 1.